The van der Waals surface area contributed by atoms with Gasteiger partial charge in [-0.1, -0.05) is 39.3 Å². The molecule has 1 fully saturated rings. The maximum Gasteiger partial charge on any atom is 0.217 e. The number of carbonyl (C=O) groups excluding carboxylic acids is 1. The molecule has 3 rings (SSSR count). The lowest BCUT2D eigenvalue weighted by Gasteiger charge is -2.28. The van der Waals surface area contributed by atoms with E-state index in [4.69, 9.17) is 0 Å². The largest absolute Gasteiger partial charge is 0.390 e. The predicted molar refractivity (Wildman–Crippen MR) is 147 cm³/mol. The van der Waals surface area contributed by atoms with Crippen LogP contribution in [0.15, 0.2) is 59.7 Å². The van der Waals surface area contributed by atoms with E-state index < -0.39 is 23.8 Å². The summed E-state index contributed by atoms with van der Waals surface area (Å²) in [6.45, 7) is 7.70. The van der Waals surface area contributed by atoms with E-state index >= 15 is 0 Å². The summed E-state index contributed by atoms with van der Waals surface area (Å²) in [4.78, 5) is 15.7. The van der Waals surface area contributed by atoms with Gasteiger partial charge in [-0.2, -0.15) is 0 Å². The van der Waals surface area contributed by atoms with E-state index in [2.05, 4.69) is 40.0 Å². The molecule has 4 N–H and O–H groups in total. The van der Waals surface area contributed by atoms with Crippen molar-refractivity contribution in [3.63, 3.8) is 0 Å². The quantitative estimate of drug-likeness (QED) is 0.302. The SMILES string of the molecule is CC.CCC1CC1(NCC(O)C(Cc1cc(F)cc(F)c1)NC(C)=O)c1cccc(N/C=C\C=NC)c1. The Morgan fingerprint density at radius 2 is 1.92 bits per heavy atom. The van der Waals surface area contributed by atoms with Gasteiger partial charge >= 0.3 is 0 Å². The van der Waals surface area contributed by atoms with Gasteiger partial charge in [0.05, 0.1) is 12.1 Å². The lowest BCUT2D eigenvalue weighted by molar-refractivity contribution is -0.120. The van der Waals surface area contributed by atoms with E-state index in [-0.39, 0.29) is 24.4 Å². The van der Waals surface area contributed by atoms with Crippen molar-refractivity contribution in [2.24, 2.45) is 10.9 Å². The summed E-state index contributed by atoms with van der Waals surface area (Å²) < 4.78 is 27.3. The Bertz CT molecular complexity index is 1060. The van der Waals surface area contributed by atoms with Crippen molar-refractivity contribution < 1.29 is 18.7 Å². The summed E-state index contributed by atoms with van der Waals surface area (Å²) in [5.74, 6) is -1.30. The molecule has 0 spiro atoms. The third-order valence-corrected chi connectivity index (χ3v) is 6.41. The Hall–Kier alpha value is -3.10. The molecule has 0 aromatic heterocycles. The van der Waals surface area contributed by atoms with Crippen LogP contribution in [0.5, 0.6) is 0 Å². The number of hydrogen-bond donors (Lipinski definition) is 4. The normalized spacial score (nSPS) is 20.3. The van der Waals surface area contributed by atoms with Gasteiger partial charge in [0.1, 0.15) is 11.6 Å². The number of aliphatic hydroxyl groups is 1. The number of nitrogens with one attached hydrogen (secondary N) is 3. The van der Waals surface area contributed by atoms with Crippen LogP contribution in [0.1, 0.15) is 51.7 Å². The number of carbonyl (C=O) groups is 1. The molecular formula is C29H40F2N4O2. The van der Waals surface area contributed by atoms with Gasteiger partial charge in [0.25, 0.3) is 0 Å². The van der Waals surface area contributed by atoms with Crippen molar-refractivity contribution in [1.82, 2.24) is 10.6 Å². The minimum absolute atomic E-state index is 0.105. The first kappa shape index (κ1) is 30.1. The zero-order valence-corrected chi connectivity index (χ0v) is 22.4. The van der Waals surface area contributed by atoms with Gasteiger partial charge in [-0.3, -0.25) is 9.79 Å². The molecule has 4 unspecified atom stereocenters. The number of halogens is 2. The molecule has 1 aliphatic rings. The lowest BCUT2D eigenvalue weighted by atomic mass is 9.97. The van der Waals surface area contributed by atoms with Crippen molar-refractivity contribution in [2.75, 3.05) is 18.9 Å². The van der Waals surface area contributed by atoms with Crippen molar-refractivity contribution in [3.05, 3.63) is 77.5 Å². The zero-order chi connectivity index (χ0) is 27.4. The van der Waals surface area contributed by atoms with Crippen LogP contribution < -0.4 is 16.0 Å². The van der Waals surface area contributed by atoms with Crippen LogP contribution in [0, 0.1) is 17.6 Å². The lowest BCUT2D eigenvalue weighted by Crippen LogP contribution is -2.50. The molecular weight excluding hydrogens is 474 g/mol. The molecule has 1 amide bonds. The third kappa shape index (κ3) is 8.76. The van der Waals surface area contributed by atoms with Crippen LogP contribution in [0.2, 0.25) is 0 Å². The smallest absolute Gasteiger partial charge is 0.217 e. The summed E-state index contributed by atoms with van der Waals surface area (Å²) in [5.41, 5.74) is 2.14. The number of aliphatic hydroxyl groups excluding tert-OH is 1. The summed E-state index contributed by atoms with van der Waals surface area (Å²) in [7, 11) is 1.71. The monoisotopic (exact) mass is 514 g/mol. The Labute approximate surface area is 219 Å². The van der Waals surface area contributed by atoms with E-state index in [1.54, 1.807) is 13.3 Å². The molecule has 0 radical (unpaired) electrons. The second-order valence-corrected chi connectivity index (χ2v) is 9.01. The molecule has 0 bridgehead atoms. The summed E-state index contributed by atoms with van der Waals surface area (Å²) >= 11 is 0. The average Bonchev–Trinajstić information content (AvgIpc) is 3.60. The highest BCUT2D eigenvalue weighted by Crippen LogP contribution is 2.54. The molecule has 202 valence electrons. The Balaban J connectivity index is 0.00000235. The highest BCUT2D eigenvalue weighted by atomic mass is 19.1. The number of nitrogens with zero attached hydrogens (tertiary/aromatic N) is 1. The molecule has 37 heavy (non-hydrogen) atoms. The maximum atomic E-state index is 13.7. The summed E-state index contributed by atoms with van der Waals surface area (Å²) in [5, 5.41) is 20.5. The Kier molecular flexibility index (Phi) is 11.9. The van der Waals surface area contributed by atoms with E-state index in [0.717, 1.165) is 30.2 Å². The molecule has 6 nitrogen and oxygen atoms in total. The molecule has 1 aliphatic carbocycles. The summed E-state index contributed by atoms with van der Waals surface area (Å²) in [6, 6.07) is 10.7. The number of benzene rings is 2. The van der Waals surface area contributed by atoms with E-state index in [1.165, 1.54) is 19.1 Å². The first-order valence-corrected chi connectivity index (χ1v) is 12.9. The van der Waals surface area contributed by atoms with Gasteiger partial charge in [0.2, 0.25) is 5.91 Å². The molecule has 0 heterocycles. The number of rotatable bonds is 12. The van der Waals surface area contributed by atoms with Crippen LogP contribution >= 0.6 is 0 Å². The van der Waals surface area contributed by atoms with Gasteiger partial charge in [-0.15, -0.1) is 0 Å². The first-order valence-electron chi connectivity index (χ1n) is 12.9. The highest BCUT2D eigenvalue weighted by molar-refractivity contribution is 5.73. The van der Waals surface area contributed by atoms with Gasteiger partial charge in [0.15, 0.2) is 0 Å². The topological polar surface area (TPSA) is 85.8 Å². The van der Waals surface area contributed by atoms with Crippen LogP contribution in [-0.2, 0) is 16.8 Å². The third-order valence-electron chi connectivity index (χ3n) is 6.41. The van der Waals surface area contributed by atoms with Crippen LogP contribution in [0.4, 0.5) is 14.5 Å². The fraction of sp³-hybridized carbons (Fsp3) is 0.448. The van der Waals surface area contributed by atoms with Crippen LogP contribution in [-0.4, -0.2) is 43.0 Å². The molecule has 1 saturated carbocycles. The second-order valence-electron chi connectivity index (χ2n) is 9.01. The number of anilines is 1. The van der Waals surface area contributed by atoms with Crippen molar-refractivity contribution in [1.29, 1.82) is 0 Å². The number of aliphatic imine (C=N–C) groups is 1. The van der Waals surface area contributed by atoms with Gasteiger partial charge in [0, 0.05) is 50.2 Å². The Morgan fingerprint density at radius 1 is 1.22 bits per heavy atom. The molecule has 8 heteroatoms. The van der Waals surface area contributed by atoms with Crippen molar-refractivity contribution in [3.8, 4) is 0 Å². The molecule has 2 aromatic rings. The molecule has 2 aromatic carbocycles. The predicted octanol–water partition coefficient (Wildman–Crippen LogP) is 4.94. The minimum Gasteiger partial charge on any atom is -0.390 e. The van der Waals surface area contributed by atoms with Crippen molar-refractivity contribution in [2.45, 2.75) is 64.6 Å². The van der Waals surface area contributed by atoms with Crippen LogP contribution in [0.25, 0.3) is 0 Å². The number of hydrogen-bond acceptors (Lipinski definition) is 5. The number of allylic oxidation sites excluding steroid dienone is 1. The Morgan fingerprint density at radius 3 is 2.51 bits per heavy atom. The van der Waals surface area contributed by atoms with E-state index in [1.807, 2.05) is 38.3 Å². The van der Waals surface area contributed by atoms with Gasteiger partial charge in [-0.25, -0.2) is 8.78 Å². The average molecular weight is 515 g/mol. The standard InChI is InChI=1S/C27H34F2N4O2.C2H6/c1-4-20-16-27(20,21-7-5-8-24(14-21)31-10-6-9-30-3)32-17-26(35)25(33-18(2)34)13-19-11-22(28)15-23(29)12-19;1-2/h5-12,14-15,20,25-26,31-32,35H,4,13,16-17H2,1-3H3,(H,33,34);1-2H3/b10-6-,30-9?;. The molecule has 4 atom stereocenters. The first-order chi connectivity index (χ1) is 17.8. The highest BCUT2D eigenvalue weighted by Gasteiger charge is 2.54. The van der Waals surface area contributed by atoms with Crippen molar-refractivity contribution >= 4 is 17.8 Å². The minimum atomic E-state index is -0.960. The second kappa shape index (κ2) is 14.6. The molecule has 0 saturated heterocycles. The van der Waals surface area contributed by atoms with E-state index in [9.17, 15) is 18.7 Å². The zero-order valence-electron chi connectivity index (χ0n) is 22.4. The van der Waals surface area contributed by atoms with Gasteiger partial charge in [-0.05, 0) is 60.2 Å². The summed E-state index contributed by atoms with van der Waals surface area (Å²) in [6.07, 6.45) is 6.37. The fourth-order valence-corrected chi connectivity index (χ4v) is 4.61. The van der Waals surface area contributed by atoms with E-state index in [0.29, 0.717) is 11.5 Å². The van der Waals surface area contributed by atoms with Gasteiger partial charge < -0.3 is 21.1 Å². The molecule has 0 aliphatic heterocycles. The maximum absolute atomic E-state index is 13.7. The number of amides is 1. The van der Waals surface area contributed by atoms with Crippen LogP contribution in [0.3, 0.4) is 0 Å². The fourth-order valence-electron chi connectivity index (χ4n) is 4.61.